The van der Waals surface area contributed by atoms with Gasteiger partial charge in [0.2, 0.25) is 0 Å². The predicted molar refractivity (Wildman–Crippen MR) is 81.2 cm³/mol. The van der Waals surface area contributed by atoms with E-state index in [1.165, 1.54) is 0 Å². The zero-order valence-corrected chi connectivity index (χ0v) is 12.2. The second kappa shape index (κ2) is 5.33. The Morgan fingerprint density at radius 2 is 2.10 bits per heavy atom. The fourth-order valence-electron chi connectivity index (χ4n) is 2.69. The maximum atomic E-state index is 12.5. The Labute approximate surface area is 124 Å². The van der Waals surface area contributed by atoms with Crippen LogP contribution in [0.5, 0.6) is 0 Å². The molecule has 1 aliphatic rings. The lowest BCUT2D eigenvalue weighted by molar-refractivity contribution is 0.0770. The minimum Gasteiger partial charge on any atom is -0.337 e. The number of rotatable bonds is 3. The van der Waals surface area contributed by atoms with Gasteiger partial charge in [-0.3, -0.25) is 4.79 Å². The van der Waals surface area contributed by atoms with Crippen molar-refractivity contribution in [1.29, 1.82) is 0 Å². The first kappa shape index (κ1) is 13.8. The molecular weight excluding hydrogens is 264 g/mol. The van der Waals surface area contributed by atoms with Crippen molar-refractivity contribution in [1.82, 2.24) is 14.7 Å². The summed E-state index contributed by atoms with van der Waals surface area (Å²) in [6.07, 6.45) is 2.77. The van der Waals surface area contributed by atoms with E-state index in [4.69, 9.17) is 5.73 Å². The van der Waals surface area contributed by atoms with Crippen molar-refractivity contribution in [3.8, 4) is 5.69 Å². The molecule has 5 nitrogen and oxygen atoms in total. The van der Waals surface area contributed by atoms with Crippen LogP contribution >= 0.6 is 0 Å². The third-order valence-corrected chi connectivity index (χ3v) is 4.17. The van der Waals surface area contributed by atoms with Crippen molar-refractivity contribution < 1.29 is 4.79 Å². The van der Waals surface area contributed by atoms with E-state index in [1.807, 2.05) is 41.4 Å². The molecule has 0 saturated carbocycles. The van der Waals surface area contributed by atoms with E-state index in [0.717, 1.165) is 18.7 Å². The Bertz CT molecular complexity index is 637. The topological polar surface area (TPSA) is 64.2 Å². The minimum atomic E-state index is -0.0122. The summed E-state index contributed by atoms with van der Waals surface area (Å²) in [4.78, 5) is 14.4. The van der Waals surface area contributed by atoms with Gasteiger partial charge in [0.25, 0.3) is 5.91 Å². The molecular formula is C16H20N4O. The molecule has 1 aliphatic heterocycles. The molecule has 0 spiro atoms. The number of hydrogen-bond donors (Lipinski definition) is 1. The molecule has 1 amide bonds. The number of carbonyl (C=O) groups excluding carboxylic acids is 1. The Hall–Kier alpha value is -2.14. The quantitative estimate of drug-likeness (QED) is 0.932. The van der Waals surface area contributed by atoms with Crippen LogP contribution in [0, 0.1) is 5.41 Å². The molecule has 0 bridgehead atoms. The summed E-state index contributed by atoms with van der Waals surface area (Å²) >= 11 is 0. The Balaban J connectivity index is 1.77. The van der Waals surface area contributed by atoms with E-state index in [1.54, 1.807) is 10.7 Å². The molecule has 1 atom stereocenters. The van der Waals surface area contributed by atoms with Gasteiger partial charge in [0.1, 0.15) is 0 Å². The van der Waals surface area contributed by atoms with Crippen molar-refractivity contribution in [2.24, 2.45) is 11.1 Å². The molecule has 1 aromatic carbocycles. The van der Waals surface area contributed by atoms with Gasteiger partial charge in [-0.1, -0.05) is 25.1 Å². The van der Waals surface area contributed by atoms with Gasteiger partial charge >= 0.3 is 0 Å². The zero-order valence-electron chi connectivity index (χ0n) is 12.2. The Kier molecular flexibility index (Phi) is 3.51. The summed E-state index contributed by atoms with van der Waals surface area (Å²) in [6.45, 7) is 4.20. The number of aromatic nitrogens is 2. The van der Waals surface area contributed by atoms with Gasteiger partial charge in [-0.25, -0.2) is 4.68 Å². The summed E-state index contributed by atoms with van der Waals surface area (Å²) in [7, 11) is 0. The number of nitrogens with two attached hydrogens (primary N) is 1. The molecule has 2 aromatic rings. The number of para-hydroxylation sites is 1. The molecule has 1 fully saturated rings. The van der Waals surface area contributed by atoms with Crippen molar-refractivity contribution in [3.05, 3.63) is 48.3 Å². The highest BCUT2D eigenvalue weighted by molar-refractivity contribution is 5.92. The smallest absolute Gasteiger partial charge is 0.274 e. The third kappa shape index (κ3) is 2.69. The Morgan fingerprint density at radius 3 is 2.76 bits per heavy atom. The zero-order chi connectivity index (χ0) is 14.9. The molecule has 110 valence electrons. The molecule has 0 aliphatic carbocycles. The highest BCUT2D eigenvalue weighted by atomic mass is 16.2. The second-order valence-electron chi connectivity index (χ2n) is 5.97. The first-order chi connectivity index (χ1) is 10.1. The highest BCUT2D eigenvalue weighted by Gasteiger charge is 2.35. The molecule has 21 heavy (non-hydrogen) atoms. The van der Waals surface area contributed by atoms with Crippen LogP contribution in [0.15, 0.2) is 42.6 Å². The van der Waals surface area contributed by atoms with Crippen LogP contribution in [0.1, 0.15) is 23.8 Å². The predicted octanol–water partition coefficient (Wildman–Crippen LogP) is 1.68. The average molecular weight is 284 g/mol. The van der Waals surface area contributed by atoms with E-state index in [2.05, 4.69) is 12.0 Å². The SMILES string of the molecule is CC1(CN)CCN(C(=O)c2ccn(-c3ccccc3)n2)C1. The highest BCUT2D eigenvalue weighted by Crippen LogP contribution is 2.29. The molecule has 1 saturated heterocycles. The lowest BCUT2D eigenvalue weighted by atomic mass is 9.90. The normalized spacial score (nSPS) is 21.7. The van der Waals surface area contributed by atoms with Gasteiger partial charge in [0, 0.05) is 19.3 Å². The summed E-state index contributed by atoms with van der Waals surface area (Å²) in [5, 5.41) is 4.39. The molecule has 1 unspecified atom stereocenters. The lowest BCUT2D eigenvalue weighted by Crippen LogP contribution is -2.34. The van der Waals surface area contributed by atoms with E-state index < -0.39 is 0 Å². The van der Waals surface area contributed by atoms with E-state index in [-0.39, 0.29) is 11.3 Å². The van der Waals surface area contributed by atoms with Crippen LogP contribution < -0.4 is 5.73 Å². The van der Waals surface area contributed by atoms with Gasteiger partial charge in [0.15, 0.2) is 5.69 Å². The number of hydrogen-bond acceptors (Lipinski definition) is 3. The summed E-state index contributed by atoms with van der Waals surface area (Å²) in [6, 6.07) is 11.5. The van der Waals surface area contributed by atoms with E-state index in [9.17, 15) is 4.79 Å². The second-order valence-corrected chi connectivity index (χ2v) is 5.97. The van der Waals surface area contributed by atoms with Gasteiger partial charge in [-0.2, -0.15) is 5.10 Å². The largest absolute Gasteiger partial charge is 0.337 e. The van der Waals surface area contributed by atoms with Crippen LogP contribution in [0.25, 0.3) is 5.69 Å². The lowest BCUT2D eigenvalue weighted by Gasteiger charge is -2.22. The van der Waals surface area contributed by atoms with E-state index >= 15 is 0 Å². The van der Waals surface area contributed by atoms with Crippen LogP contribution in [0.4, 0.5) is 0 Å². The molecule has 1 aromatic heterocycles. The van der Waals surface area contributed by atoms with Crippen molar-refractivity contribution in [3.63, 3.8) is 0 Å². The Morgan fingerprint density at radius 1 is 1.33 bits per heavy atom. The van der Waals surface area contributed by atoms with E-state index in [0.29, 0.717) is 18.8 Å². The number of likely N-dealkylation sites (tertiary alicyclic amines) is 1. The number of carbonyl (C=O) groups is 1. The van der Waals surface area contributed by atoms with Gasteiger partial charge in [-0.15, -0.1) is 0 Å². The number of amides is 1. The first-order valence-corrected chi connectivity index (χ1v) is 7.22. The average Bonchev–Trinajstić information content (AvgIpc) is 3.15. The monoisotopic (exact) mass is 284 g/mol. The summed E-state index contributed by atoms with van der Waals surface area (Å²) < 4.78 is 1.73. The van der Waals surface area contributed by atoms with Crippen molar-refractivity contribution >= 4 is 5.91 Å². The molecule has 3 rings (SSSR count). The van der Waals surface area contributed by atoms with Crippen LogP contribution in [-0.2, 0) is 0 Å². The van der Waals surface area contributed by atoms with Gasteiger partial charge in [-0.05, 0) is 36.6 Å². The van der Waals surface area contributed by atoms with Gasteiger partial charge in [0.05, 0.1) is 5.69 Å². The number of nitrogens with zero attached hydrogens (tertiary/aromatic N) is 3. The fraction of sp³-hybridized carbons (Fsp3) is 0.375. The first-order valence-electron chi connectivity index (χ1n) is 7.22. The minimum absolute atomic E-state index is 0.0122. The fourth-order valence-corrected chi connectivity index (χ4v) is 2.69. The summed E-state index contributed by atoms with van der Waals surface area (Å²) in [5.41, 5.74) is 7.27. The van der Waals surface area contributed by atoms with Crippen LogP contribution in [0.3, 0.4) is 0 Å². The maximum absolute atomic E-state index is 12.5. The molecule has 2 heterocycles. The van der Waals surface area contributed by atoms with Crippen LogP contribution in [-0.4, -0.2) is 40.2 Å². The van der Waals surface area contributed by atoms with Gasteiger partial charge < -0.3 is 10.6 Å². The molecule has 0 radical (unpaired) electrons. The summed E-state index contributed by atoms with van der Waals surface area (Å²) in [5.74, 6) is -0.0122. The molecule has 5 heteroatoms. The number of benzene rings is 1. The third-order valence-electron chi connectivity index (χ3n) is 4.17. The van der Waals surface area contributed by atoms with Crippen molar-refractivity contribution in [2.75, 3.05) is 19.6 Å². The molecule has 2 N–H and O–H groups in total. The van der Waals surface area contributed by atoms with Crippen molar-refractivity contribution in [2.45, 2.75) is 13.3 Å². The maximum Gasteiger partial charge on any atom is 0.274 e. The van der Waals surface area contributed by atoms with Crippen LogP contribution in [0.2, 0.25) is 0 Å². The standard InChI is InChI=1S/C16H20N4O/c1-16(11-17)8-10-19(12-16)15(21)14-7-9-20(18-14)13-5-3-2-4-6-13/h2-7,9H,8,10-12,17H2,1H3.